The molecule has 1 aromatic carbocycles. The van der Waals surface area contributed by atoms with Gasteiger partial charge in [0.15, 0.2) is 12.0 Å². The Labute approximate surface area is 259 Å². The quantitative estimate of drug-likeness (QED) is 0.146. The lowest BCUT2D eigenvalue weighted by Crippen LogP contribution is -2.49. The molecule has 0 aliphatic carbocycles. The summed E-state index contributed by atoms with van der Waals surface area (Å²) in [7, 11) is 3.51. The van der Waals surface area contributed by atoms with Crippen molar-refractivity contribution in [3.63, 3.8) is 0 Å². The molecule has 4 aromatic rings. The van der Waals surface area contributed by atoms with E-state index in [-0.39, 0.29) is 40.7 Å². The first kappa shape index (κ1) is 30.8. The highest BCUT2D eigenvalue weighted by Gasteiger charge is 2.38. The molecule has 5 rings (SSSR count). The number of alkyl halides is 1. The lowest BCUT2D eigenvalue weighted by atomic mass is 9.85. The number of halogens is 2. The fourth-order valence-electron chi connectivity index (χ4n) is 5.97. The first-order valence-electron chi connectivity index (χ1n) is 14.2. The number of hydrogen-bond donors (Lipinski definition) is 2. The van der Waals surface area contributed by atoms with Crippen LogP contribution in [0.4, 0.5) is 16.0 Å². The summed E-state index contributed by atoms with van der Waals surface area (Å²) in [4.78, 5) is 37.4. The van der Waals surface area contributed by atoms with Crippen molar-refractivity contribution in [3.05, 3.63) is 74.6 Å². The second-order valence-electron chi connectivity index (χ2n) is 11.1. The third-order valence-electron chi connectivity index (χ3n) is 8.07. The molecule has 2 N–H and O–H groups in total. The molecule has 1 fully saturated rings. The Hall–Kier alpha value is -3.64. The van der Waals surface area contributed by atoms with Gasteiger partial charge in [-0.15, -0.1) is 0 Å². The number of pyridine rings is 1. The van der Waals surface area contributed by atoms with Crippen molar-refractivity contribution in [2.75, 3.05) is 16.5 Å². The van der Waals surface area contributed by atoms with Gasteiger partial charge in [-0.05, 0) is 61.9 Å². The van der Waals surface area contributed by atoms with Gasteiger partial charge in [0, 0.05) is 44.6 Å². The summed E-state index contributed by atoms with van der Waals surface area (Å²) in [6.45, 7) is 5.86. The average molecular weight is 627 g/mol. The van der Waals surface area contributed by atoms with E-state index in [4.69, 9.17) is 16.6 Å². The molecule has 0 bridgehead atoms. The fraction of sp³-hybridized carbons (Fsp3) is 0.433. The van der Waals surface area contributed by atoms with Crippen LogP contribution in [0.1, 0.15) is 72.2 Å². The second-order valence-corrected chi connectivity index (χ2v) is 12.1. The maximum atomic E-state index is 16.1. The molecule has 1 aliphatic heterocycles. The third kappa shape index (κ3) is 6.08. The van der Waals surface area contributed by atoms with E-state index in [1.807, 2.05) is 46.1 Å². The van der Waals surface area contributed by atoms with E-state index in [1.165, 1.54) is 4.57 Å². The molecule has 1 saturated heterocycles. The highest BCUT2D eigenvalue weighted by Crippen LogP contribution is 2.39. The van der Waals surface area contributed by atoms with Crippen LogP contribution in [-0.2, 0) is 14.1 Å². The van der Waals surface area contributed by atoms with Crippen molar-refractivity contribution in [2.24, 2.45) is 14.1 Å². The SMILES string of the molecule is CCC1C[C@H](c2cnn(C)c2)CC(F)N1c1nc2c(C(C)Nc3ccc(Cl)nc3C(=O)NSC)cc(C)cc2c(=O)n1C. The number of piperidine rings is 1. The van der Waals surface area contributed by atoms with Crippen LogP contribution in [-0.4, -0.2) is 48.8 Å². The smallest absolute Gasteiger partial charge is 0.281 e. The number of carbonyl (C=O) groups is 1. The van der Waals surface area contributed by atoms with Crippen LogP contribution in [0, 0.1) is 6.92 Å². The molecule has 43 heavy (non-hydrogen) atoms. The van der Waals surface area contributed by atoms with Gasteiger partial charge in [0.2, 0.25) is 5.95 Å². The summed E-state index contributed by atoms with van der Waals surface area (Å²) in [5.74, 6) is -0.0651. The average Bonchev–Trinajstić information content (AvgIpc) is 3.41. The number of nitrogens with zero attached hydrogens (tertiary/aromatic N) is 6. The summed E-state index contributed by atoms with van der Waals surface area (Å²) >= 11 is 7.27. The van der Waals surface area contributed by atoms with E-state index in [0.717, 1.165) is 35.1 Å². The predicted octanol–water partition coefficient (Wildman–Crippen LogP) is 5.66. The van der Waals surface area contributed by atoms with Crippen LogP contribution < -0.4 is 20.5 Å². The second kappa shape index (κ2) is 12.5. The Kier molecular flexibility index (Phi) is 8.98. The number of rotatable bonds is 8. The third-order valence-corrected chi connectivity index (χ3v) is 8.67. The number of benzene rings is 1. The Morgan fingerprint density at radius 1 is 1.23 bits per heavy atom. The van der Waals surface area contributed by atoms with Gasteiger partial charge in [-0.3, -0.25) is 23.6 Å². The number of fused-ring (bicyclic) bond motifs is 1. The fourth-order valence-corrected chi connectivity index (χ4v) is 6.40. The number of carbonyl (C=O) groups excluding carboxylic acids is 1. The van der Waals surface area contributed by atoms with Crippen molar-refractivity contribution in [1.82, 2.24) is 29.0 Å². The summed E-state index contributed by atoms with van der Waals surface area (Å²) in [5, 5.41) is 8.28. The summed E-state index contributed by atoms with van der Waals surface area (Å²) < 4.78 is 22.0. The minimum Gasteiger partial charge on any atom is -0.377 e. The van der Waals surface area contributed by atoms with Crippen LogP contribution in [0.3, 0.4) is 0 Å². The number of hydrogen-bond acceptors (Lipinski definition) is 8. The molecule has 4 atom stereocenters. The summed E-state index contributed by atoms with van der Waals surface area (Å²) in [6.07, 6.45) is 5.85. The minimum atomic E-state index is -1.33. The zero-order valence-electron chi connectivity index (χ0n) is 25.1. The largest absolute Gasteiger partial charge is 0.377 e. The van der Waals surface area contributed by atoms with E-state index in [2.05, 4.69) is 20.1 Å². The first-order chi connectivity index (χ1) is 20.5. The van der Waals surface area contributed by atoms with Gasteiger partial charge in [-0.25, -0.2) is 14.4 Å². The zero-order chi connectivity index (χ0) is 31.0. The normalized spacial score (nSPS) is 19.4. The Bertz CT molecular complexity index is 1730. The Morgan fingerprint density at radius 3 is 2.67 bits per heavy atom. The summed E-state index contributed by atoms with van der Waals surface area (Å²) in [6, 6.07) is 6.52. The van der Waals surface area contributed by atoms with Gasteiger partial charge < -0.3 is 10.2 Å². The molecular weight excluding hydrogens is 591 g/mol. The van der Waals surface area contributed by atoms with E-state index >= 15 is 4.39 Å². The van der Waals surface area contributed by atoms with Crippen LogP contribution >= 0.6 is 23.5 Å². The van der Waals surface area contributed by atoms with Crippen LogP contribution in [0.25, 0.3) is 10.9 Å². The van der Waals surface area contributed by atoms with Gasteiger partial charge in [-0.2, -0.15) is 5.10 Å². The van der Waals surface area contributed by atoms with Gasteiger partial charge in [0.05, 0.1) is 28.8 Å². The van der Waals surface area contributed by atoms with Crippen molar-refractivity contribution in [3.8, 4) is 0 Å². The molecule has 1 aliphatic rings. The molecule has 4 heterocycles. The maximum Gasteiger partial charge on any atom is 0.281 e. The molecule has 3 aromatic heterocycles. The Balaban J connectivity index is 1.56. The lowest BCUT2D eigenvalue weighted by Gasteiger charge is -2.42. The van der Waals surface area contributed by atoms with Gasteiger partial charge in [0.25, 0.3) is 11.5 Å². The number of nitrogens with one attached hydrogen (secondary N) is 2. The predicted molar refractivity (Wildman–Crippen MR) is 171 cm³/mol. The van der Waals surface area contributed by atoms with Crippen molar-refractivity contribution < 1.29 is 9.18 Å². The zero-order valence-corrected chi connectivity index (χ0v) is 26.6. The van der Waals surface area contributed by atoms with Crippen LogP contribution in [0.15, 0.2) is 41.5 Å². The molecule has 13 heteroatoms. The molecule has 0 radical (unpaired) electrons. The number of amides is 1. The van der Waals surface area contributed by atoms with Crippen molar-refractivity contribution >= 4 is 52.0 Å². The van der Waals surface area contributed by atoms with Crippen LogP contribution in [0.5, 0.6) is 0 Å². The molecule has 3 unspecified atom stereocenters. The lowest BCUT2D eigenvalue weighted by molar-refractivity contribution is 0.0980. The van der Waals surface area contributed by atoms with Gasteiger partial charge in [0.1, 0.15) is 5.15 Å². The molecule has 228 valence electrons. The highest BCUT2D eigenvalue weighted by atomic mass is 35.5. The van der Waals surface area contributed by atoms with E-state index < -0.39 is 12.3 Å². The molecule has 0 saturated carbocycles. The topological polar surface area (TPSA) is 110 Å². The monoisotopic (exact) mass is 626 g/mol. The summed E-state index contributed by atoms with van der Waals surface area (Å²) in [5.41, 5.74) is 3.51. The maximum absolute atomic E-state index is 16.1. The first-order valence-corrected chi connectivity index (χ1v) is 15.8. The van der Waals surface area contributed by atoms with E-state index in [0.29, 0.717) is 29.0 Å². The van der Waals surface area contributed by atoms with Crippen molar-refractivity contribution in [1.29, 1.82) is 0 Å². The van der Waals surface area contributed by atoms with Gasteiger partial charge >= 0.3 is 0 Å². The highest BCUT2D eigenvalue weighted by molar-refractivity contribution is 7.97. The number of anilines is 2. The van der Waals surface area contributed by atoms with Gasteiger partial charge in [-0.1, -0.05) is 36.5 Å². The number of aromatic nitrogens is 5. The standard InChI is InChI=1S/C30H36ClFN8O2S/c1-7-20-12-18(19-14-33-38(4)15-19)13-25(32)40(20)30-36-26-21(10-16(2)11-22(26)29(42)39(30)5)17(3)34-23-8-9-24(31)35-27(23)28(41)37-43-6/h8-11,14-15,17-18,20,25,34H,7,12-13H2,1-6H3,(H,37,41)/t17?,18-,20?,25?/m0/s1. The molecule has 0 spiro atoms. The molecular formula is C30H36ClFN8O2S. The minimum absolute atomic E-state index is 0.0234. The van der Waals surface area contributed by atoms with E-state index in [1.54, 1.807) is 41.2 Å². The molecule has 10 nitrogen and oxygen atoms in total. The van der Waals surface area contributed by atoms with Crippen LogP contribution in [0.2, 0.25) is 5.15 Å². The Morgan fingerprint density at radius 2 is 2.00 bits per heavy atom. The van der Waals surface area contributed by atoms with Crippen molar-refractivity contribution in [2.45, 2.75) is 64.3 Å². The molecule has 1 amide bonds. The number of aryl methyl sites for hydroxylation is 2. The van der Waals surface area contributed by atoms with E-state index in [9.17, 15) is 9.59 Å².